The van der Waals surface area contributed by atoms with Crippen LogP contribution in [0.2, 0.25) is 0 Å². The summed E-state index contributed by atoms with van der Waals surface area (Å²) in [5.41, 5.74) is 0.294. The summed E-state index contributed by atoms with van der Waals surface area (Å²) in [6, 6.07) is 2.87. The van der Waals surface area contributed by atoms with Gasteiger partial charge in [0, 0.05) is 12.5 Å². The zero-order chi connectivity index (χ0) is 18.3. The fraction of sp³-hybridized carbons (Fsp3) is 0.467. The molecule has 0 aliphatic heterocycles. The molecule has 130 valence electrons. The Labute approximate surface area is 148 Å². The number of anilines is 1. The van der Waals surface area contributed by atoms with Gasteiger partial charge in [0.1, 0.15) is 15.4 Å². The number of amides is 1. The van der Waals surface area contributed by atoms with Crippen molar-refractivity contribution < 1.29 is 19.2 Å². The number of rotatable bonds is 5. The number of ether oxygens (including phenoxy) is 1. The number of nitrogens with one attached hydrogen (secondary N) is 1. The maximum absolute atomic E-state index is 11.9. The van der Waals surface area contributed by atoms with Gasteiger partial charge in [-0.2, -0.15) is 0 Å². The Morgan fingerprint density at radius 2 is 1.88 bits per heavy atom. The summed E-state index contributed by atoms with van der Waals surface area (Å²) in [4.78, 5) is 34.3. The molecule has 1 amide bonds. The normalized spacial score (nSPS) is 21.0. The van der Waals surface area contributed by atoms with E-state index in [1.165, 1.54) is 12.1 Å². The van der Waals surface area contributed by atoms with Crippen LogP contribution in [0.4, 0.5) is 11.4 Å². The molecular weight excluding hydrogens is 359 g/mol. The van der Waals surface area contributed by atoms with Crippen LogP contribution in [0.25, 0.3) is 0 Å². The average molecular weight is 375 g/mol. The molecule has 0 aromatic heterocycles. The smallest absolute Gasteiger partial charge is 0.315 e. The lowest BCUT2D eigenvalue weighted by Gasteiger charge is -2.12. The molecule has 0 spiro atoms. The molecule has 0 heterocycles. The van der Waals surface area contributed by atoms with E-state index in [1.807, 2.05) is 0 Å². The van der Waals surface area contributed by atoms with Crippen molar-refractivity contribution in [2.75, 3.05) is 11.9 Å². The lowest BCUT2D eigenvalue weighted by atomic mass is 10.1. The van der Waals surface area contributed by atoms with Crippen LogP contribution in [0.5, 0.6) is 0 Å². The molecule has 1 aromatic carbocycles. The first-order valence-electron chi connectivity index (χ1n) is 7.08. The van der Waals surface area contributed by atoms with E-state index in [-0.39, 0.29) is 17.8 Å². The SMILES string of the molecule is Cc1cc(NC(=O)COC(=O)[C@]2(C)CC2(Cl)Cl)c([N+](=O)[O-])cc1C. The Hall–Kier alpha value is -1.86. The average Bonchev–Trinajstić information content (AvgIpc) is 2.99. The number of hydrogen-bond donors (Lipinski definition) is 1. The fourth-order valence-electron chi connectivity index (χ4n) is 2.15. The van der Waals surface area contributed by atoms with Crippen molar-refractivity contribution in [1.82, 2.24) is 0 Å². The second-order valence-corrected chi connectivity index (χ2v) is 7.53. The molecule has 9 heteroatoms. The molecule has 1 N–H and O–H groups in total. The van der Waals surface area contributed by atoms with Crippen molar-refractivity contribution >= 4 is 46.5 Å². The van der Waals surface area contributed by atoms with E-state index in [4.69, 9.17) is 27.9 Å². The minimum absolute atomic E-state index is 0.0471. The van der Waals surface area contributed by atoms with Crippen molar-refractivity contribution in [2.45, 2.75) is 31.5 Å². The summed E-state index contributed by atoms with van der Waals surface area (Å²) >= 11 is 11.7. The predicted molar refractivity (Wildman–Crippen MR) is 89.3 cm³/mol. The van der Waals surface area contributed by atoms with Gasteiger partial charge in [0.05, 0.1) is 4.92 Å². The van der Waals surface area contributed by atoms with Gasteiger partial charge in [-0.25, -0.2) is 0 Å². The number of esters is 1. The minimum atomic E-state index is -1.19. The summed E-state index contributed by atoms with van der Waals surface area (Å²) in [6.45, 7) is 4.46. The molecule has 7 nitrogen and oxygen atoms in total. The Morgan fingerprint density at radius 3 is 2.38 bits per heavy atom. The number of benzene rings is 1. The molecule has 1 fully saturated rings. The summed E-state index contributed by atoms with van der Waals surface area (Å²) in [5.74, 6) is -1.37. The number of hydrogen-bond acceptors (Lipinski definition) is 5. The number of alkyl halides is 2. The van der Waals surface area contributed by atoms with Crippen LogP contribution in [0.3, 0.4) is 0 Å². The molecule has 1 saturated carbocycles. The zero-order valence-corrected chi connectivity index (χ0v) is 14.8. The Balaban J connectivity index is 2.02. The van der Waals surface area contributed by atoms with Crippen molar-refractivity contribution in [3.63, 3.8) is 0 Å². The van der Waals surface area contributed by atoms with E-state index in [9.17, 15) is 19.7 Å². The lowest BCUT2D eigenvalue weighted by molar-refractivity contribution is -0.384. The molecule has 2 rings (SSSR count). The van der Waals surface area contributed by atoms with Gasteiger partial charge >= 0.3 is 5.97 Å². The Bertz CT molecular complexity index is 735. The summed E-state index contributed by atoms with van der Waals surface area (Å²) in [7, 11) is 0. The monoisotopic (exact) mass is 374 g/mol. The van der Waals surface area contributed by atoms with Gasteiger partial charge in [0.2, 0.25) is 0 Å². The van der Waals surface area contributed by atoms with Gasteiger partial charge in [0.15, 0.2) is 6.61 Å². The van der Waals surface area contributed by atoms with Crippen LogP contribution in [-0.4, -0.2) is 27.7 Å². The predicted octanol–water partition coefficient (Wildman–Crippen LogP) is 3.28. The van der Waals surface area contributed by atoms with Crippen LogP contribution in [0, 0.1) is 29.4 Å². The van der Waals surface area contributed by atoms with Gasteiger partial charge in [-0.05, 0) is 38.0 Å². The Kier molecular flexibility index (Phi) is 4.79. The van der Waals surface area contributed by atoms with Crippen molar-refractivity contribution in [2.24, 2.45) is 5.41 Å². The lowest BCUT2D eigenvalue weighted by Crippen LogP contribution is -2.27. The van der Waals surface area contributed by atoms with Crippen molar-refractivity contribution in [3.8, 4) is 0 Å². The zero-order valence-electron chi connectivity index (χ0n) is 13.3. The van der Waals surface area contributed by atoms with Crippen LogP contribution in [-0.2, 0) is 14.3 Å². The first-order chi connectivity index (χ1) is 11.0. The standard InChI is InChI=1S/C15H16Cl2N2O5/c1-8-4-10(11(19(22)23)5-9(8)2)18-12(20)6-24-13(21)14(3)7-15(14,16)17/h4-5H,6-7H2,1-3H3,(H,18,20)/t14-/m0/s1. The van der Waals surface area contributed by atoms with Crippen LogP contribution in [0.15, 0.2) is 12.1 Å². The quantitative estimate of drug-likeness (QED) is 0.369. The minimum Gasteiger partial charge on any atom is -0.455 e. The molecule has 0 bridgehead atoms. The topological polar surface area (TPSA) is 98.5 Å². The maximum Gasteiger partial charge on any atom is 0.315 e. The number of aryl methyl sites for hydroxylation is 2. The summed E-state index contributed by atoms with van der Waals surface area (Å²) < 4.78 is 3.72. The molecule has 24 heavy (non-hydrogen) atoms. The van der Waals surface area contributed by atoms with Gasteiger partial charge in [-0.3, -0.25) is 19.7 Å². The molecular formula is C15H16Cl2N2O5. The fourth-order valence-corrected chi connectivity index (χ4v) is 2.84. The van der Waals surface area contributed by atoms with E-state index < -0.39 is 33.2 Å². The third-order valence-electron chi connectivity index (χ3n) is 4.13. The van der Waals surface area contributed by atoms with Gasteiger partial charge < -0.3 is 10.1 Å². The van der Waals surface area contributed by atoms with E-state index >= 15 is 0 Å². The number of carbonyl (C=O) groups is 2. The van der Waals surface area contributed by atoms with Crippen molar-refractivity contribution in [1.29, 1.82) is 0 Å². The largest absolute Gasteiger partial charge is 0.455 e. The molecule has 0 unspecified atom stereocenters. The first kappa shape index (κ1) is 18.5. The van der Waals surface area contributed by atoms with Crippen LogP contribution in [0.1, 0.15) is 24.5 Å². The number of nitrogens with zero attached hydrogens (tertiary/aromatic N) is 1. The second kappa shape index (κ2) is 6.22. The maximum atomic E-state index is 11.9. The molecule has 1 aliphatic rings. The molecule has 1 aromatic rings. The van der Waals surface area contributed by atoms with Crippen molar-refractivity contribution in [3.05, 3.63) is 33.4 Å². The number of carbonyl (C=O) groups excluding carboxylic acids is 2. The number of nitro benzene ring substituents is 1. The number of halogens is 2. The van der Waals surface area contributed by atoms with Gasteiger partial charge in [0.25, 0.3) is 11.6 Å². The van der Waals surface area contributed by atoms with E-state index in [1.54, 1.807) is 20.8 Å². The van der Waals surface area contributed by atoms with Gasteiger partial charge in [-0.15, -0.1) is 23.2 Å². The second-order valence-electron chi connectivity index (χ2n) is 6.05. The highest BCUT2D eigenvalue weighted by Gasteiger charge is 2.69. The van der Waals surface area contributed by atoms with E-state index in [0.29, 0.717) is 0 Å². The third-order valence-corrected chi connectivity index (χ3v) is 5.23. The molecule has 1 atom stereocenters. The van der Waals surface area contributed by atoms with Crippen LogP contribution < -0.4 is 5.32 Å². The summed E-state index contributed by atoms with van der Waals surface area (Å²) in [6.07, 6.45) is 0.242. The first-order valence-corrected chi connectivity index (χ1v) is 7.84. The summed E-state index contributed by atoms with van der Waals surface area (Å²) in [5, 5.41) is 13.5. The van der Waals surface area contributed by atoms with E-state index in [2.05, 4.69) is 5.32 Å². The Morgan fingerprint density at radius 1 is 1.33 bits per heavy atom. The molecule has 0 saturated heterocycles. The third kappa shape index (κ3) is 3.47. The molecule has 0 radical (unpaired) electrons. The number of nitro groups is 1. The van der Waals surface area contributed by atoms with Crippen LogP contribution >= 0.6 is 23.2 Å². The molecule has 1 aliphatic carbocycles. The highest BCUT2D eigenvalue weighted by Crippen LogP contribution is 2.64. The highest BCUT2D eigenvalue weighted by molar-refractivity contribution is 6.53. The van der Waals surface area contributed by atoms with Gasteiger partial charge in [-0.1, -0.05) is 0 Å². The van der Waals surface area contributed by atoms with E-state index in [0.717, 1.165) is 11.1 Å². The highest BCUT2D eigenvalue weighted by atomic mass is 35.5.